The van der Waals surface area contributed by atoms with Gasteiger partial charge in [0.25, 0.3) is 5.91 Å². The van der Waals surface area contributed by atoms with Crippen molar-refractivity contribution >= 4 is 5.91 Å². The monoisotopic (exact) mass is 264 g/mol. The van der Waals surface area contributed by atoms with Crippen molar-refractivity contribution in [2.75, 3.05) is 6.54 Å². The van der Waals surface area contributed by atoms with Crippen molar-refractivity contribution < 1.29 is 4.79 Å². The lowest BCUT2D eigenvalue weighted by Crippen LogP contribution is -2.27. The standard InChI is InChI=1S/C14H24N4O/c1-10(2)12-16-13(18-17-12)14(19)15-9-8-11-6-4-3-5-7-11/h10-11H,3-9H2,1-2H3,(H,15,19)(H,16,17,18). The lowest BCUT2D eigenvalue weighted by Gasteiger charge is -2.21. The Morgan fingerprint density at radius 2 is 2.11 bits per heavy atom. The Balaban J connectivity index is 1.74. The third-order valence-corrected chi connectivity index (χ3v) is 3.82. The van der Waals surface area contributed by atoms with Crippen LogP contribution >= 0.6 is 0 Å². The Morgan fingerprint density at radius 1 is 1.37 bits per heavy atom. The summed E-state index contributed by atoms with van der Waals surface area (Å²) >= 11 is 0. The van der Waals surface area contributed by atoms with Crippen LogP contribution < -0.4 is 5.32 Å². The van der Waals surface area contributed by atoms with Gasteiger partial charge in [-0.1, -0.05) is 46.0 Å². The normalized spacial score (nSPS) is 16.8. The van der Waals surface area contributed by atoms with Crippen LogP contribution in [0.4, 0.5) is 0 Å². The smallest absolute Gasteiger partial charge is 0.290 e. The molecule has 106 valence electrons. The summed E-state index contributed by atoms with van der Waals surface area (Å²) in [7, 11) is 0. The highest BCUT2D eigenvalue weighted by atomic mass is 16.2. The number of aromatic amines is 1. The van der Waals surface area contributed by atoms with E-state index in [2.05, 4.69) is 20.5 Å². The van der Waals surface area contributed by atoms with Crippen molar-refractivity contribution in [3.63, 3.8) is 0 Å². The zero-order valence-electron chi connectivity index (χ0n) is 11.9. The van der Waals surface area contributed by atoms with Crippen molar-refractivity contribution in [1.29, 1.82) is 0 Å². The van der Waals surface area contributed by atoms with Gasteiger partial charge in [0, 0.05) is 12.5 Å². The quantitative estimate of drug-likeness (QED) is 0.858. The van der Waals surface area contributed by atoms with Gasteiger partial charge in [-0.15, -0.1) is 5.10 Å². The summed E-state index contributed by atoms with van der Waals surface area (Å²) in [5, 5.41) is 9.67. The Labute approximate surface area is 114 Å². The molecule has 19 heavy (non-hydrogen) atoms. The number of H-pyrrole nitrogens is 1. The average molecular weight is 264 g/mol. The fourth-order valence-corrected chi connectivity index (χ4v) is 2.58. The molecule has 0 spiro atoms. The van der Waals surface area contributed by atoms with Gasteiger partial charge in [0.15, 0.2) is 0 Å². The largest absolute Gasteiger partial charge is 0.349 e. The number of carbonyl (C=O) groups is 1. The van der Waals surface area contributed by atoms with Gasteiger partial charge in [-0.25, -0.2) is 4.98 Å². The SMILES string of the molecule is CC(C)c1nc(C(=O)NCCC2CCCCC2)n[nH]1. The molecule has 0 atom stereocenters. The number of aromatic nitrogens is 3. The minimum atomic E-state index is -0.168. The number of nitrogens with zero attached hydrogens (tertiary/aromatic N) is 2. The van der Waals surface area contributed by atoms with E-state index in [4.69, 9.17) is 0 Å². The summed E-state index contributed by atoms with van der Waals surface area (Å²) in [6.07, 6.45) is 7.77. The zero-order valence-corrected chi connectivity index (χ0v) is 11.9. The maximum absolute atomic E-state index is 11.9. The second-order valence-electron chi connectivity index (χ2n) is 5.75. The Hall–Kier alpha value is -1.39. The number of carbonyl (C=O) groups excluding carboxylic acids is 1. The number of rotatable bonds is 5. The van der Waals surface area contributed by atoms with Gasteiger partial charge in [-0.05, 0) is 12.3 Å². The second kappa shape index (κ2) is 6.68. The Bertz CT molecular complexity index is 407. The van der Waals surface area contributed by atoms with Gasteiger partial charge < -0.3 is 5.32 Å². The molecule has 0 radical (unpaired) electrons. The first-order chi connectivity index (χ1) is 9.16. The van der Waals surface area contributed by atoms with Crippen LogP contribution in [0.3, 0.4) is 0 Å². The topological polar surface area (TPSA) is 70.7 Å². The predicted octanol–water partition coefficient (Wildman–Crippen LogP) is 2.63. The molecule has 1 aromatic rings. The summed E-state index contributed by atoms with van der Waals surface area (Å²) in [6, 6.07) is 0. The van der Waals surface area contributed by atoms with Gasteiger partial charge in [0.05, 0.1) is 0 Å². The lowest BCUT2D eigenvalue weighted by atomic mass is 9.87. The fourth-order valence-electron chi connectivity index (χ4n) is 2.58. The van der Waals surface area contributed by atoms with Crippen molar-refractivity contribution in [2.45, 2.75) is 58.3 Å². The fraction of sp³-hybridized carbons (Fsp3) is 0.786. The molecule has 0 aliphatic heterocycles. The first-order valence-corrected chi connectivity index (χ1v) is 7.37. The minimum absolute atomic E-state index is 0.168. The third-order valence-electron chi connectivity index (χ3n) is 3.82. The molecule has 0 saturated heterocycles. The molecule has 2 N–H and O–H groups in total. The van der Waals surface area contributed by atoms with Crippen molar-refractivity contribution in [1.82, 2.24) is 20.5 Å². The third kappa shape index (κ3) is 4.04. The van der Waals surface area contributed by atoms with Crippen LogP contribution in [0.15, 0.2) is 0 Å². The molecule has 5 heteroatoms. The highest BCUT2D eigenvalue weighted by Crippen LogP contribution is 2.25. The molecule has 1 aliphatic carbocycles. The van der Waals surface area contributed by atoms with E-state index >= 15 is 0 Å². The summed E-state index contributed by atoms with van der Waals surface area (Å²) in [6.45, 7) is 4.77. The molecule has 2 rings (SSSR count). The van der Waals surface area contributed by atoms with E-state index in [0.29, 0.717) is 0 Å². The van der Waals surface area contributed by atoms with E-state index in [1.54, 1.807) is 0 Å². The summed E-state index contributed by atoms with van der Waals surface area (Å²) < 4.78 is 0. The zero-order chi connectivity index (χ0) is 13.7. The molecule has 1 heterocycles. The molecule has 1 fully saturated rings. The first kappa shape index (κ1) is 14.0. The Morgan fingerprint density at radius 3 is 2.74 bits per heavy atom. The van der Waals surface area contributed by atoms with Crippen molar-refractivity contribution in [3.05, 3.63) is 11.6 Å². The maximum Gasteiger partial charge on any atom is 0.290 e. The van der Waals surface area contributed by atoms with E-state index in [1.165, 1.54) is 32.1 Å². The van der Waals surface area contributed by atoms with Crippen molar-refractivity contribution in [3.8, 4) is 0 Å². The predicted molar refractivity (Wildman–Crippen MR) is 74.0 cm³/mol. The number of nitrogens with one attached hydrogen (secondary N) is 2. The van der Waals surface area contributed by atoms with Gasteiger partial charge in [0.2, 0.25) is 5.82 Å². The molecular weight excluding hydrogens is 240 g/mol. The van der Waals surface area contributed by atoms with E-state index < -0.39 is 0 Å². The summed E-state index contributed by atoms with van der Waals surface area (Å²) in [4.78, 5) is 16.1. The van der Waals surface area contributed by atoms with Crippen LogP contribution in [-0.2, 0) is 0 Å². The van der Waals surface area contributed by atoms with Crippen LogP contribution in [0, 0.1) is 5.92 Å². The molecule has 5 nitrogen and oxygen atoms in total. The highest BCUT2D eigenvalue weighted by molar-refractivity contribution is 5.90. The average Bonchev–Trinajstić information content (AvgIpc) is 2.89. The Kier molecular flexibility index (Phi) is 4.93. The van der Waals surface area contributed by atoms with E-state index in [1.807, 2.05) is 13.8 Å². The maximum atomic E-state index is 11.9. The van der Waals surface area contributed by atoms with Crippen LogP contribution in [0.25, 0.3) is 0 Å². The van der Waals surface area contributed by atoms with E-state index in [0.717, 1.165) is 24.7 Å². The van der Waals surface area contributed by atoms with Gasteiger partial charge >= 0.3 is 0 Å². The number of hydrogen-bond acceptors (Lipinski definition) is 3. The minimum Gasteiger partial charge on any atom is -0.349 e. The van der Waals surface area contributed by atoms with Crippen molar-refractivity contribution in [2.24, 2.45) is 5.92 Å². The molecular formula is C14H24N4O. The van der Waals surface area contributed by atoms with Crippen LogP contribution in [-0.4, -0.2) is 27.6 Å². The molecule has 1 aliphatic rings. The van der Waals surface area contributed by atoms with Gasteiger partial charge in [-0.3, -0.25) is 9.89 Å². The van der Waals surface area contributed by atoms with Crippen LogP contribution in [0.1, 0.15) is 74.7 Å². The first-order valence-electron chi connectivity index (χ1n) is 7.37. The summed E-state index contributed by atoms with van der Waals surface area (Å²) in [5.41, 5.74) is 0. The van der Waals surface area contributed by atoms with Crippen LogP contribution in [0.5, 0.6) is 0 Å². The molecule has 1 amide bonds. The molecule has 1 aromatic heterocycles. The number of hydrogen-bond donors (Lipinski definition) is 2. The molecule has 0 aromatic carbocycles. The second-order valence-corrected chi connectivity index (χ2v) is 5.75. The van der Waals surface area contributed by atoms with Crippen LogP contribution in [0.2, 0.25) is 0 Å². The molecule has 1 saturated carbocycles. The highest BCUT2D eigenvalue weighted by Gasteiger charge is 2.16. The van der Waals surface area contributed by atoms with E-state index in [-0.39, 0.29) is 17.6 Å². The number of amides is 1. The molecule has 0 unspecified atom stereocenters. The summed E-state index contributed by atoms with van der Waals surface area (Å²) in [5.74, 6) is 1.90. The van der Waals surface area contributed by atoms with Gasteiger partial charge in [0.1, 0.15) is 5.82 Å². The molecule has 0 bridgehead atoms. The van der Waals surface area contributed by atoms with E-state index in [9.17, 15) is 4.79 Å². The lowest BCUT2D eigenvalue weighted by molar-refractivity contribution is 0.0940. The van der Waals surface area contributed by atoms with Gasteiger partial charge in [-0.2, -0.15) is 0 Å².